The van der Waals surface area contributed by atoms with Crippen LogP contribution in [-0.4, -0.2) is 54.6 Å². The van der Waals surface area contributed by atoms with Crippen LogP contribution in [0, 0.1) is 5.92 Å². The van der Waals surface area contributed by atoms with Gasteiger partial charge in [-0.1, -0.05) is 155 Å². The first-order valence-corrected chi connectivity index (χ1v) is 17.0. The predicted molar refractivity (Wildman–Crippen MR) is 165 cm³/mol. The third-order valence-corrected chi connectivity index (χ3v) is 8.15. The summed E-state index contributed by atoms with van der Waals surface area (Å²) in [6.07, 6.45) is 31.6. The Kier molecular flexibility index (Phi) is 26.0. The molecule has 0 amide bonds. The van der Waals surface area contributed by atoms with Crippen LogP contribution < -0.4 is 0 Å². The van der Waals surface area contributed by atoms with Crippen LogP contribution in [0.15, 0.2) is 0 Å². The van der Waals surface area contributed by atoms with E-state index in [1.807, 2.05) is 0 Å². The second-order valence-electron chi connectivity index (χ2n) is 13.3. The van der Waals surface area contributed by atoms with Crippen molar-refractivity contribution in [3.05, 3.63) is 0 Å². The Morgan fingerprint density at radius 2 is 0.784 bits per heavy atom. The van der Waals surface area contributed by atoms with E-state index < -0.39 is 0 Å². The van der Waals surface area contributed by atoms with Crippen LogP contribution in [0.25, 0.3) is 0 Å². The highest BCUT2D eigenvalue weighted by molar-refractivity contribution is 4.73. The molecule has 0 aromatic heterocycles. The molecular formula is C34H72NO2+. The maximum atomic E-state index is 11.0. The Morgan fingerprint density at radius 1 is 0.459 bits per heavy atom. The van der Waals surface area contributed by atoms with Gasteiger partial charge in [0.2, 0.25) is 0 Å². The van der Waals surface area contributed by atoms with Crippen LogP contribution in [0.3, 0.4) is 0 Å². The molecule has 224 valence electrons. The molecule has 0 saturated carbocycles. The number of hydrogen-bond donors (Lipinski definition) is 2. The summed E-state index contributed by atoms with van der Waals surface area (Å²) in [5, 5.41) is 21.8. The van der Waals surface area contributed by atoms with E-state index in [2.05, 4.69) is 35.0 Å². The molecule has 0 aliphatic rings. The van der Waals surface area contributed by atoms with Crippen molar-refractivity contribution in [2.75, 3.05) is 27.7 Å². The van der Waals surface area contributed by atoms with Crippen LogP contribution >= 0.6 is 0 Å². The number of nitrogens with zero attached hydrogens (tertiary/aromatic N) is 1. The Morgan fingerprint density at radius 3 is 1.14 bits per heavy atom. The topological polar surface area (TPSA) is 40.5 Å². The summed E-state index contributed by atoms with van der Waals surface area (Å²) >= 11 is 0. The molecule has 0 aliphatic carbocycles. The van der Waals surface area contributed by atoms with Crippen LogP contribution in [0.4, 0.5) is 0 Å². The normalized spacial score (nSPS) is 14.7. The Labute approximate surface area is 234 Å². The summed E-state index contributed by atoms with van der Waals surface area (Å²) in [5.74, 6) is 0.200. The second-order valence-corrected chi connectivity index (χ2v) is 13.3. The minimum absolute atomic E-state index is 0.200. The Bertz CT molecular complexity index is 448. The van der Waals surface area contributed by atoms with E-state index in [4.69, 9.17) is 0 Å². The molecule has 0 radical (unpaired) electrons. The van der Waals surface area contributed by atoms with E-state index in [0.29, 0.717) is 0 Å². The van der Waals surface area contributed by atoms with Gasteiger partial charge in [0.05, 0.1) is 39.9 Å². The zero-order valence-corrected chi connectivity index (χ0v) is 26.5. The predicted octanol–water partition coefficient (Wildman–Crippen LogP) is 9.82. The van der Waals surface area contributed by atoms with Crippen molar-refractivity contribution >= 4 is 0 Å². The fourth-order valence-corrected chi connectivity index (χ4v) is 5.82. The zero-order chi connectivity index (χ0) is 27.6. The fourth-order valence-electron chi connectivity index (χ4n) is 5.82. The van der Waals surface area contributed by atoms with Gasteiger partial charge in [-0.25, -0.2) is 0 Å². The van der Waals surface area contributed by atoms with E-state index >= 15 is 0 Å². The van der Waals surface area contributed by atoms with Crippen LogP contribution in [-0.2, 0) is 0 Å². The van der Waals surface area contributed by atoms with Crippen molar-refractivity contribution in [1.29, 1.82) is 0 Å². The lowest BCUT2D eigenvalue weighted by Gasteiger charge is -2.33. The molecule has 0 bridgehead atoms. The monoisotopic (exact) mass is 527 g/mol. The lowest BCUT2D eigenvalue weighted by atomic mass is 9.89. The van der Waals surface area contributed by atoms with Gasteiger partial charge in [-0.2, -0.15) is 0 Å². The lowest BCUT2D eigenvalue weighted by Crippen LogP contribution is -2.43. The number of unbranched alkanes of at least 4 members (excludes halogenated alkanes) is 20. The number of aliphatic hydroxyl groups excluding tert-OH is 2. The molecule has 0 aliphatic heterocycles. The molecule has 0 saturated heterocycles. The molecule has 37 heavy (non-hydrogen) atoms. The number of rotatable bonds is 29. The average molecular weight is 527 g/mol. The third-order valence-electron chi connectivity index (χ3n) is 8.15. The van der Waals surface area contributed by atoms with Gasteiger partial charge in [0.25, 0.3) is 0 Å². The highest BCUT2D eigenvalue weighted by Crippen LogP contribution is 2.23. The minimum atomic E-state index is -0.275. The van der Waals surface area contributed by atoms with E-state index in [9.17, 15) is 10.2 Å². The van der Waals surface area contributed by atoms with Crippen molar-refractivity contribution in [2.45, 2.75) is 187 Å². The van der Waals surface area contributed by atoms with Gasteiger partial charge in [-0.05, 0) is 19.3 Å². The van der Waals surface area contributed by atoms with Gasteiger partial charge in [-0.3, -0.25) is 0 Å². The maximum Gasteiger partial charge on any atom is 0.0835 e. The van der Waals surface area contributed by atoms with Crippen molar-refractivity contribution in [3.8, 4) is 0 Å². The number of aliphatic hydroxyl groups is 2. The van der Waals surface area contributed by atoms with E-state index in [1.54, 1.807) is 0 Å². The largest absolute Gasteiger partial charge is 0.393 e. The molecule has 0 heterocycles. The molecule has 0 rings (SSSR count). The smallest absolute Gasteiger partial charge is 0.0835 e. The highest BCUT2D eigenvalue weighted by atomic mass is 16.3. The lowest BCUT2D eigenvalue weighted by molar-refractivity contribution is -0.874. The van der Waals surface area contributed by atoms with Crippen LogP contribution in [0.1, 0.15) is 174 Å². The summed E-state index contributed by atoms with van der Waals surface area (Å²) in [6.45, 7) is 5.50. The van der Waals surface area contributed by atoms with Crippen molar-refractivity contribution < 1.29 is 14.7 Å². The summed E-state index contributed by atoms with van der Waals surface area (Å²) < 4.78 is 0.852. The van der Waals surface area contributed by atoms with Gasteiger partial charge in [0.15, 0.2) is 0 Å². The number of hydrogen-bond acceptors (Lipinski definition) is 2. The van der Waals surface area contributed by atoms with E-state index in [-0.39, 0.29) is 18.1 Å². The SMILES string of the molecule is CCCCCCCCCCCCCC(O)CC(C[N+](C)(C)C)C(O)CCCCCCCCCCCCC. The first-order chi connectivity index (χ1) is 17.8. The van der Waals surface area contributed by atoms with E-state index in [1.165, 1.54) is 128 Å². The van der Waals surface area contributed by atoms with Crippen molar-refractivity contribution in [1.82, 2.24) is 0 Å². The molecule has 3 nitrogen and oxygen atoms in total. The van der Waals surface area contributed by atoms with Gasteiger partial charge in [-0.15, -0.1) is 0 Å². The third kappa shape index (κ3) is 27.2. The Balaban J connectivity index is 3.96. The molecule has 0 aromatic rings. The average Bonchev–Trinajstić information content (AvgIpc) is 2.84. The summed E-state index contributed by atoms with van der Waals surface area (Å²) in [4.78, 5) is 0. The standard InChI is InChI=1S/C34H72NO2/c1-6-8-10-12-14-16-18-20-22-24-26-28-33(36)30-32(31-35(3,4)5)34(37)29-27-25-23-21-19-17-15-13-11-9-7-2/h32-34,36-37H,6-31H2,1-5H3/q+1. The minimum Gasteiger partial charge on any atom is -0.393 e. The number of quaternary nitrogens is 1. The molecule has 3 heteroatoms. The van der Waals surface area contributed by atoms with Crippen molar-refractivity contribution in [2.24, 2.45) is 5.92 Å². The molecule has 0 fully saturated rings. The quantitative estimate of drug-likeness (QED) is 0.0752. The first kappa shape index (κ1) is 36.9. The summed E-state index contributed by atoms with van der Waals surface area (Å²) in [6, 6.07) is 0. The first-order valence-electron chi connectivity index (χ1n) is 17.0. The zero-order valence-electron chi connectivity index (χ0n) is 26.5. The second kappa shape index (κ2) is 26.1. The van der Waals surface area contributed by atoms with Crippen LogP contribution in [0.2, 0.25) is 0 Å². The molecule has 0 aromatic carbocycles. The molecule has 3 atom stereocenters. The fraction of sp³-hybridized carbons (Fsp3) is 1.00. The molecule has 3 unspecified atom stereocenters. The van der Waals surface area contributed by atoms with Gasteiger partial charge in [0, 0.05) is 5.92 Å². The van der Waals surface area contributed by atoms with Crippen molar-refractivity contribution in [3.63, 3.8) is 0 Å². The van der Waals surface area contributed by atoms with Gasteiger partial charge in [0.1, 0.15) is 0 Å². The molecule has 0 spiro atoms. The van der Waals surface area contributed by atoms with Gasteiger partial charge >= 0.3 is 0 Å². The maximum absolute atomic E-state index is 11.0. The molecule has 2 N–H and O–H groups in total. The summed E-state index contributed by atoms with van der Waals surface area (Å²) in [7, 11) is 6.62. The summed E-state index contributed by atoms with van der Waals surface area (Å²) in [5.41, 5.74) is 0. The van der Waals surface area contributed by atoms with Gasteiger partial charge < -0.3 is 14.7 Å². The Hall–Kier alpha value is -0.120. The highest BCUT2D eigenvalue weighted by Gasteiger charge is 2.27. The van der Waals surface area contributed by atoms with E-state index in [0.717, 1.165) is 43.1 Å². The molecular weight excluding hydrogens is 454 g/mol. The van der Waals surface area contributed by atoms with Crippen LogP contribution in [0.5, 0.6) is 0 Å².